The largest absolute Gasteiger partial charge is 0.480 e. The van der Waals surface area contributed by atoms with Crippen LogP contribution in [0.15, 0.2) is 6.20 Å². The number of nitrogens with one attached hydrogen (secondary N) is 2. The molecule has 5 nitrogen and oxygen atoms in total. The molecule has 1 aromatic rings. The van der Waals surface area contributed by atoms with E-state index in [1.165, 1.54) is 0 Å². The van der Waals surface area contributed by atoms with Crippen LogP contribution in [-0.2, 0) is 11.3 Å². The van der Waals surface area contributed by atoms with Crippen LogP contribution in [-0.4, -0.2) is 21.3 Å². The molecule has 0 amide bonds. The highest BCUT2D eigenvalue weighted by Gasteiger charge is 2.28. The smallest absolute Gasteiger partial charge is 0.325 e. The number of H-pyrrole nitrogens is 1. The molecule has 1 aliphatic rings. The molecular formula is C6H8ClN3O2. The van der Waals surface area contributed by atoms with Gasteiger partial charge in [-0.05, 0) is 0 Å². The minimum absolute atomic E-state index is 0. The lowest BCUT2D eigenvalue weighted by molar-refractivity contribution is -0.139. The number of carboxylic acids is 1. The Hall–Kier alpha value is -1.07. The van der Waals surface area contributed by atoms with Gasteiger partial charge in [0.15, 0.2) is 0 Å². The van der Waals surface area contributed by atoms with Crippen LogP contribution in [0.1, 0.15) is 17.3 Å². The minimum atomic E-state index is -0.856. The lowest BCUT2D eigenvalue weighted by Crippen LogP contribution is -2.21. The molecule has 1 aliphatic heterocycles. The number of carbonyl (C=O) groups is 1. The van der Waals surface area contributed by atoms with Gasteiger partial charge < -0.3 is 5.11 Å². The van der Waals surface area contributed by atoms with Crippen LogP contribution in [0.3, 0.4) is 0 Å². The fourth-order valence-corrected chi connectivity index (χ4v) is 1.25. The Morgan fingerprint density at radius 1 is 1.75 bits per heavy atom. The summed E-state index contributed by atoms with van der Waals surface area (Å²) >= 11 is 0. The van der Waals surface area contributed by atoms with Crippen molar-refractivity contribution in [3.8, 4) is 0 Å². The van der Waals surface area contributed by atoms with Crippen molar-refractivity contribution in [1.82, 2.24) is 15.5 Å². The fourth-order valence-electron chi connectivity index (χ4n) is 1.25. The molecule has 0 bridgehead atoms. The van der Waals surface area contributed by atoms with Crippen LogP contribution >= 0.6 is 12.4 Å². The van der Waals surface area contributed by atoms with Gasteiger partial charge in [-0.15, -0.1) is 12.4 Å². The van der Waals surface area contributed by atoms with Crippen molar-refractivity contribution in [2.75, 3.05) is 0 Å². The zero-order valence-corrected chi connectivity index (χ0v) is 6.89. The zero-order chi connectivity index (χ0) is 7.84. The number of aliphatic carboxylic acids is 1. The summed E-state index contributed by atoms with van der Waals surface area (Å²) in [6.07, 6.45) is 1.55. The topological polar surface area (TPSA) is 78.0 Å². The van der Waals surface area contributed by atoms with Gasteiger partial charge in [0, 0.05) is 12.1 Å². The molecule has 0 aliphatic carbocycles. The van der Waals surface area contributed by atoms with Crippen molar-refractivity contribution >= 4 is 18.4 Å². The molecule has 3 N–H and O–H groups in total. The Kier molecular flexibility index (Phi) is 2.35. The lowest BCUT2D eigenvalue weighted by atomic mass is 10.2. The Morgan fingerprint density at radius 2 is 2.50 bits per heavy atom. The molecule has 6 heteroatoms. The maximum atomic E-state index is 10.6. The average molecular weight is 190 g/mol. The van der Waals surface area contributed by atoms with Gasteiger partial charge >= 0.3 is 5.97 Å². The van der Waals surface area contributed by atoms with Crippen LogP contribution in [0.5, 0.6) is 0 Å². The molecular weight excluding hydrogens is 182 g/mol. The Labute approximate surface area is 74.6 Å². The fraction of sp³-hybridized carbons (Fsp3) is 0.333. The summed E-state index contributed by atoms with van der Waals surface area (Å²) in [5, 5.41) is 18.0. The van der Waals surface area contributed by atoms with E-state index in [0.717, 1.165) is 11.3 Å². The predicted octanol–water partition coefficient (Wildman–Crippen LogP) is 0.0604. The van der Waals surface area contributed by atoms with Gasteiger partial charge in [-0.25, -0.2) is 0 Å². The lowest BCUT2D eigenvalue weighted by Gasteiger charge is -2.01. The van der Waals surface area contributed by atoms with Crippen molar-refractivity contribution in [3.63, 3.8) is 0 Å². The normalized spacial score (nSPS) is 19.8. The molecule has 1 atom stereocenters. The summed E-state index contributed by atoms with van der Waals surface area (Å²) in [6, 6.07) is -0.580. The minimum Gasteiger partial charge on any atom is -0.480 e. The van der Waals surface area contributed by atoms with Crippen molar-refractivity contribution in [2.24, 2.45) is 0 Å². The number of nitrogens with zero attached hydrogens (tertiary/aromatic N) is 1. The van der Waals surface area contributed by atoms with Crippen molar-refractivity contribution in [1.29, 1.82) is 0 Å². The number of halogens is 1. The van der Waals surface area contributed by atoms with E-state index in [9.17, 15) is 4.79 Å². The quantitative estimate of drug-likeness (QED) is 0.584. The molecule has 0 saturated carbocycles. The van der Waals surface area contributed by atoms with Crippen LogP contribution < -0.4 is 5.32 Å². The van der Waals surface area contributed by atoms with Gasteiger partial charge in [0.1, 0.15) is 6.04 Å². The van der Waals surface area contributed by atoms with Gasteiger partial charge in [-0.1, -0.05) is 0 Å². The highest BCUT2D eigenvalue weighted by molar-refractivity contribution is 5.85. The van der Waals surface area contributed by atoms with E-state index in [4.69, 9.17) is 5.11 Å². The summed E-state index contributed by atoms with van der Waals surface area (Å²) in [4.78, 5) is 10.6. The maximum absolute atomic E-state index is 10.6. The number of aromatic amines is 1. The third-order valence-corrected chi connectivity index (χ3v) is 1.79. The van der Waals surface area contributed by atoms with Gasteiger partial charge in [0.25, 0.3) is 0 Å². The second kappa shape index (κ2) is 3.12. The molecule has 12 heavy (non-hydrogen) atoms. The Balaban J connectivity index is 0.000000720. The molecule has 66 valence electrons. The van der Waals surface area contributed by atoms with Gasteiger partial charge in [0.2, 0.25) is 0 Å². The number of fused-ring (bicyclic) bond motifs is 1. The number of hydrogen-bond donors (Lipinski definition) is 3. The third-order valence-electron chi connectivity index (χ3n) is 1.79. The van der Waals surface area contributed by atoms with E-state index in [2.05, 4.69) is 15.5 Å². The average Bonchev–Trinajstić information content (AvgIpc) is 2.41. The first kappa shape index (κ1) is 9.02. The predicted molar refractivity (Wildman–Crippen MR) is 43.1 cm³/mol. The summed E-state index contributed by atoms with van der Waals surface area (Å²) in [5.41, 5.74) is 1.62. The summed E-state index contributed by atoms with van der Waals surface area (Å²) in [7, 11) is 0. The number of rotatable bonds is 1. The molecule has 2 rings (SSSR count). The standard InChI is InChI=1S/C6H7N3O2.ClH/c10-6(11)5-3-1-8-9-4(3)2-7-5;/h1,5,7H,2H2,(H,8,9)(H,10,11);1H. The number of carboxylic acid groups (broad SMARTS) is 1. The monoisotopic (exact) mass is 189 g/mol. The van der Waals surface area contributed by atoms with Gasteiger partial charge in [0.05, 0.1) is 11.9 Å². The number of aromatic nitrogens is 2. The Bertz CT molecular complexity index is 299. The van der Waals surface area contributed by atoms with E-state index in [0.29, 0.717) is 6.54 Å². The first-order chi connectivity index (χ1) is 5.29. The third kappa shape index (κ3) is 1.17. The van der Waals surface area contributed by atoms with E-state index in [-0.39, 0.29) is 12.4 Å². The molecule has 0 spiro atoms. The van der Waals surface area contributed by atoms with E-state index in [1.54, 1.807) is 6.20 Å². The van der Waals surface area contributed by atoms with Crippen LogP contribution in [0, 0.1) is 0 Å². The van der Waals surface area contributed by atoms with Crippen molar-refractivity contribution in [3.05, 3.63) is 17.5 Å². The summed E-state index contributed by atoms with van der Waals surface area (Å²) in [5.74, 6) is -0.856. The SMILES string of the molecule is Cl.O=C(O)C1NCc2[nH]ncc21. The van der Waals surface area contributed by atoms with Crippen molar-refractivity contribution < 1.29 is 9.90 Å². The molecule has 2 heterocycles. The van der Waals surface area contributed by atoms with Crippen LogP contribution in [0.25, 0.3) is 0 Å². The Morgan fingerprint density at radius 3 is 3.17 bits per heavy atom. The first-order valence-corrected chi connectivity index (χ1v) is 3.27. The molecule has 1 unspecified atom stereocenters. The highest BCUT2D eigenvalue weighted by Crippen LogP contribution is 2.22. The first-order valence-electron chi connectivity index (χ1n) is 3.27. The second-order valence-corrected chi connectivity index (χ2v) is 2.46. The molecule has 1 aromatic heterocycles. The van der Waals surface area contributed by atoms with Gasteiger partial charge in [-0.3, -0.25) is 15.2 Å². The summed E-state index contributed by atoms with van der Waals surface area (Å²) in [6.45, 7) is 0.562. The highest BCUT2D eigenvalue weighted by atomic mass is 35.5. The van der Waals surface area contributed by atoms with E-state index in [1.807, 2.05) is 0 Å². The molecule has 0 saturated heterocycles. The van der Waals surface area contributed by atoms with Crippen molar-refractivity contribution in [2.45, 2.75) is 12.6 Å². The maximum Gasteiger partial charge on any atom is 0.325 e. The molecule has 0 aromatic carbocycles. The van der Waals surface area contributed by atoms with Crippen LogP contribution in [0.4, 0.5) is 0 Å². The molecule has 0 fully saturated rings. The summed E-state index contributed by atoms with van der Waals surface area (Å²) < 4.78 is 0. The van der Waals surface area contributed by atoms with E-state index < -0.39 is 12.0 Å². The van der Waals surface area contributed by atoms with Gasteiger partial charge in [-0.2, -0.15) is 5.10 Å². The molecule has 0 radical (unpaired) electrons. The zero-order valence-electron chi connectivity index (χ0n) is 6.07. The second-order valence-electron chi connectivity index (χ2n) is 2.46. The van der Waals surface area contributed by atoms with E-state index >= 15 is 0 Å². The van der Waals surface area contributed by atoms with Crippen LogP contribution in [0.2, 0.25) is 0 Å². The number of hydrogen-bond acceptors (Lipinski definition) is 3.